The van der Waals surface area contributed by atoms with E-state index in [1.54, 1.807) is 12.1 Å². The molecule has 116 valence electrons. The van der Waals surface area contributed by atoms with Crippen molar-refractivity contribution in [2.45, 2.75) is 31.6 Å². The summed E-state index contributed by atoms with van der Waals surface area (Å²) in [5.74, 6) is 0.124. The van der Waals surface area contributed by atoms with Gasteiger partial charge in [-0.1, -0.05) is 6.07 Å². The monoisotopic (exact) mass is 304 g/mol. The van der Waals surface area contributed by atoms with Crippen LogP contribution in [0, 0.1) is 5.92 Å². The number of benzene rings is 1. The number of hydrogen-bond donors (Lipinski definition) is 3. The molecule has 0 aliphatic heterocycles. The van der Waals surface area contributed by atoms with Crippen molar-refractivity contribution in [3.8, 4) is 5.75 Å². The second-order valence-electron chi connectivity index (χ2n) is 5.53. The van der Waals surface area contributed by atoms with Crippen LogP contribution in [-0.2, 0) is 4.79 Å². The van der Waals surface area contributed by atoms with Crippen molar-refractivity contribution in [1.82, 2.24) is 9.97 Å². The van der Waals surface area contributed by atoms with Crippen LogP contribution in [0.15, 0.2) is 18.2 Å². The number of carboxylic acid groups (broad SMARTS) is 2. The first-order chi connectivity index (χ1) is 10.5. The number of aromatic nitrogens is 2. The number of carboxylic acids is 1. The third-order valence-electron chi connectivity index (χ3n) is 4.15. The molecule has 22 heavy (non-hydrogen) atoms. The van der Waals surface area contributed by atoms with Crippen LogP contribution in [0.4, 0.5) is 4.79 Å². The summed E-state index contributed by atoms with van der Waals surface area (Å²) in [6.45, 7) is 0. The summed E-state index contributed by atoms with van der Waals surface area (Å²) >= 11 is 0. The first-order valence-corrected chi connectivity index (χ1v) is 7.17. The second-order valence-corrected chi connectivity index (χ2v) is 5.53. The molecule has 2 aromatic rings. The number of imidazole rings is 1. The zero-order chi connectivity index (χ0) is 15.7. The standard InChI is InChI=1S/C15H16N2O5/c18-14(19)9-6-4-8(5-7-9)13-16-10-2-1-3-11(12(10)17-13)22-15(20)21/h1-3,8-9H,4-7H2,(H,16,17)(H,18,19)(H,20,21)/t8-,9-. The zero-order valence-electron chi connectivity index (χ0n) is 11.8. The normalized spacial score (nSPS) is 21.6. The average Bonchev–Trinajstić information content (AvgIpc) is 2.92. The van der Waals surface area contributed by atoms with Crippen LogP contribution in [0.2, 0.25) is 0 Å². The molecule has 0 radical (unpaired) electrons. The Morgan fingerprint density at radius 2 is 1.91 bits per heavy atom. The van der Waals surface area contributed by atoms with Crippen molar-refractivity contribution in [2.24, 2.45) is 5.92 Å². The predicted octanol–water partition coefficient (Wildman–Crippen LogP) is 2.98. The van der Waals surface area contributed by atoms with Crippen molar-refractivity contribution in [3.63, 3.8) is 0 Å². The fourth-order valence-corrected chi connectivity index (χ4v) is 3.01. The highest BCUT2D eigenvalue weighted by Crippen LogP contribution is 2.36. The number of nitrogens with zero attached hydrogens (tertiary/aromatic N) is 1. The quantitative estimate of drug-likeness (QED) is 0.593. The van der Waals surface area contributed by atoms with Gasteiger partial charge in [-0.3, -0.25) is 4.79 Å². The summed E-state index contributed by atoms with van der Waals surface area (Å²) in [6.07, 6.45) is 1.40. The summed E-state index contributed by atoms with van der Waals surface area (Å²) in [5, 5.41) is 17.8. The number of ether oxygens (including phenoxy) is 1. The van der Waals surface area contributed by atoms with Gasteiger partial charge in [0, 0.05) is 5.92 Å². The van der Waals surface area contributed by atoms with E-state index in [9.17, 15) is 9.59 Å². The van der Waals surface area contributed by atoms with E-state index in [-0.39, 0.29) is 17.6 Å². The molecule has 1 aliphatic rings. The predicted molar refractivity (Wildman–Crippen MR) is 77.1 cm³/mol. The number of rotatable bonds is 3. The molecule has 1 fully saturated rings. The number of H-pyrrole nitrogens is 1. The Morgan fingerprint density at radius 3 is 2.55 bits per heavy atom. The molecular formula is C15H16N2O5. The Labute approximate surface area is 125 Å². The molecule has 1 aromatic heterocycles. The Kier molecular flexibility index (Phi) is 3.70. The highest BCUT2D eigenvalue weighted by molar-refractivity contribution is 5.83. The van der Waals surface area contributed by atoms with E-state index in [0.717, 1.165) is 18.7 Å². The summed E-state index contributed by atoms with van der Waals surface area (Å²) in [7, 11) is 0. The largest absolute Gasteiger partial charge is 0.511 e. The zero-order valence-corrected chi connectivity index (χ0v) is 11.8. The molecule has 0 saturated heterocycles. The van der Waals surface area contributed by atoms with Crippen LogP contribution in [0.1, 0.15) is 37.4 Å². The molecule has 0 spiro atoms. The molecule has 0 amide bonds. The van der Waals surface area contributed by atoms with Gasteiger partial charge in [-0.15, -0.1) is 0 Å². The van der Waals surface area contributed by atoms with E-state index in [1.165, 1.54) is 0 Å². The van der Waals surface area contributed by atoms with Crippen LogP contribution >= 0.6 is 0 Å². The first kappa shape index (κ1) is 14.4. The van der Waals surface area contributed by atoms with Crippen molar-refractivity contribution < 1.29 is 24.5 Å². The van der Waals surface area contributed by atoms with Crippen molar-refractivity contribution in [2.75, 3.05) is 0 Å². The Bertz CT molecular complexity index is 716. The smallest absolute Gasteiger partial charge is 0.481 e. The van der Waals surface area contributed by atoms with Gasteiger partial charge in [0.25, 0.3) is 0 Å². The minimum absolute atomic E-state index is 0.167. The van der Waals surface area contributed by atoms with E-state index in [4.69, 9.17) is 14.9 Å². The SMILES string of the molecule is O=C(O)Oc1cccc2[nH]c([C@H]3CC[C@H](C(=O)O)CC3)nc12. The number of carbonyl (C=O) groups is 2. The second kappa shape index (κ2) is 5.67. The highest BCUT2D eigenvalue weighted by atomic mass is 16.7. The Balaban J connectivity index is 1.84. The Hall–Kier alpha value is -2.57. The number of aliphatic carboxylic acids is 1. The van der Waals surface area contributed by atoms with Gasteiger partial charge in [0.2, 0.25) is 0 Å². The summed E-state index contributed by atoms with van der Waals surface area (Å²) in [6, 6.07) is 5.07. The minimum Gasteiger partial charge on any atom is -0.481 e. The molecule has 7 nitrogen and oxygen atoms in total. The molecular weight excluding hydrogens is 288 g/mol. The van der Waals surface area contributed by atoms with Crippen LogP contribution in [0.5, 0.6) is 5.75 Å². The molecule has 1 aromatic carbocycles. The fraction of sp³-hybridized carbons (Fsp3) is 0.400. The third kappa shape index (κ3) is 2.74. The van der Waals surface area contributed by atoms with Crippen molar-refractivity contribution in [1.29, 1.82) is 0 Å². The van der Waals surface area contributed by atoms with Crippen molar-refractivity contribution in [3.05, 3.63) is 24.0 Å². The maximum atomic E-state index is 11.0. The number of hydrogen-bond acceptors (Lipinski definition) is 4. The lowest BCUT2D eigenvalue weighted by Crippen LogP contribution is -2.21. The van der Waals surface area contributed by atoms with Gasteiger partial charge in [-0.05, 0) is 37.8 Å². The molecule has 3 N–H and O–H groups in total. The molecule has 0 bridgehead atoms. The number of nitrogens with one attached hydrogen (secondary N) is 1. The summed E-state index contributed by atoms with van der Waals surface area (Å²) < 4.78 is 4.73. The van der Waals surface area contributed by atoms with Gasteiger partial charge in [-0.2, -0.15) is 0 Å². The van der Waals surface area contributed by atoms with Crippen LogP contribution < -0.4 is 4.74 Å². The number of fused-ring (bicyclic) bond motifs is 1. The van der Waals surface area contributed by atoms with Gasteiger partial charge in [0.15, 0.2) is 5.75 Å². The van der Waals surface area contributed by atoms with Crippen molar-refractivity contribution >= 4 is 23.2 Å². The summed E-state index contributed by atoms with van der Waals surface area (Å²) in [5.41, 5.74) is 1.20. The maximum absolute atomic E-state index is 11.0. The molecule has 0 unspecified atom stereocenters. The molecule has 3 rings (SSSR count). The van der Waals surface area contributed by atoms with Gasteiger partial charge in [0.05, 0.1) is 11.4 Å². The van der Waals surface area contributed by atoms with E-state index in [1.807, 2.05) is 6.07 Å². The van der Waals surface area contributed by atoms with E-state index < -0.39 is 12.1 Å². The lowest BCUT2D eigenvalue weighted by atomic mass is 9.82. The van der Waals surface area contributed by atoms with Gasteiger partial charge >= 0.3 is 12.1 Å². The minimum atomic E-state index is -1.38. The van der Waals surface area contributed by atoms with Gasteiger partial charge < -0.3 is 19.9 Å². The number of aromatic amines is 1. The van der Waals surface area contributed by atoms with Gasteiger partial charge in [-0.25, -0.2) is 9.78 Å². The maximum Gasteiger partial charge on any atom is 0.511 e. The molecule has 1 heterocycles. The molecule has 0 atom stereocenters. The van der Waals surface area contributed by atoms with E-state index >= 15 is 0 Å². The topological polar surface area (TPSA) is 113 Å². The number of para-hydroxylation sites is 1. The highest BCUT2D eigenvalue weighted by Gasteiger charge is 2.28. The van der Waals surface area contributed by atoms with E-state index in [0.29, 0.717) is 23.9 Å². The van der Waals surface area contributed by atoms with Crippen LogP contribution in [-0.4, -0.2) is 32.3 Å². The van der Waals surface area contributed by atoms with Crippen LogP contribution in [0.25, 0.3) is 11.0 Å². The third-order valence-corrected chi connectivity index (χ3v) is 4.15. The average molecular weight is 304 g/mol. The molecule has 1 aliphatic carbocycles. The summed E-state index contributed by atoms with van der Waals surface area (Å²) in [4.78, 5) is 29.4. The van der Waals surface area contributed by atoms with E-state index in [2.05, 4.69) is 9.97 Å². The van der Waals surface area contributed by atoms with Gasteiger partial charge in [0.1, 0.15) is 11.3 Å². The van der Waals surface area contributed by atoms with Crippen LogP contribution in [0.3, 0.4) is 0 Å². The molecule has 1 saturated carbocycles. The first-order valence-electron chi connectivity index (χ1n) is 7.17. The Morgan fingerprint density at radius 1 is 1.18 bits per heavy atom. The fourth-order valence-electron chi connectivity index (χ4n) is 3.01. The molecule has 7 heteroatoms. The lowest BCUT2D eigenvalue weighted by molar-refractivity contribution is -0.142. The lowest BCUT2D eigenvalue weighted by Gasteiger charge is -2.24.